The van der Waals surface area contributed by atoms with Crippen LogP contribution < -0.4 is 0 Å². The van der Waals surface area contributed by atoms with E-state index in [0.29, 0.717) is 18.5 Å². The number of rotatable bonds is 4. The van der Waals surface area contributed by atoms with Gasteiger partial charge in [-0.05, 0) is 18.9 Å². The van der Waals surface area contributed by atoms with E-state index in [-0.39, 0.29) is 24.4 Å². The quantitative estimate of drug-likeness (QED) is 0.837. The van der Waals surface area contributed by atoms with Crippen molar-refractivity contribution in [3.8, 4) is 0 Å². The molecule has 0 radical (unpaired) electrons. The van der Waals surface area contributed by atoms with Crippen molar-refractivity contribution in [1.82, 2.24) is 4.90 Å². The highest BCUT2D eigenvalue weighted by molar-refractivity contribution is 5.75. The van der Waals surface area contributed by atoms with Crippen molar-refractivity contribution in [2.75, 3.05) is 13.1 Å². The largest absolute Gasteiger partial charge is 0.372 e. The molecular weight excluding hydrogens is 245 g/mol. The van der Waals surface area contributed by atoms with Gasteiger partial charge in [0.05, 0.1) is 12.7 Å². The topological polar surface area (TPSA) is 29.5 Å². The number of hydrogen-bond acceptors (Lipinski definition) is 2. The number of carbonyl (C=O) groups excluding carboxylic acids is 1. The number of hydrogen-bond donors (Lipinski definition) is 0. The van der Waals surface area contributed by atoms with Gasteiger partial charge < -0.3 is 9.64 Å². The smallest absolute Gasteiger partial charge is 0.222 e. The van der Waals surface area contributed by atoms with Crippen molar-refractivity contribution < 1.29 is 13.9 Å². The Kier molecular flexibility index (Phi) is 4.91. The van der Waals surface area contributed by atoms with Crippen LogP contribution in [-0.4, -0.2) is 30.0 Å². The van der Waals surface area contributed by atoms with Crippen molar-refractivity contribution >= 4 is 5.91 Å². The highest BCUT2D eigenvalue weighted by atomic mass is 19.1. The number of carbonyl (C=O) groups is 1. The van der Waals surface area contributed by atoms with Gasteiger partial charge in [-0.1, -0.05) is 25.1 Å². The third kappa shape index (κ3) is 3.77. The molecule has 2 rings (SSSR count). The van der Waals surface area contributed by atoms with E-state index in [9.17, 15) is 9.18 Å². The molecule has 0 aliphatic carbocycles. The Labute approximate surface area is 113 Å². The summed E-state index contributed by atoms with van der Waals surface area (Å²) in [6.45, 7) is 3.57. The molecule has 0 aromatic heterocycles. The average molecular weight is 265 g/mol. The summed E-state index contributed by atoms with van der Waals surface area (Å²) in [5, 5.41) is 0. The fraction of sp³-hybridized carbons (Fsp3) is 0.533. The maximum Gasteiger partial charge on any atom is 0.222 e. The molecule has 4 heteroatoms. The lowest BCUT2D eigenvalue weighted by atomic mass is 10.1. The van der Waals surface area contributed by atoms with Gasteiger partial charge in [0.1, 0.15) is 5.82 Å². The summed E-state index contributed by atoms with van der Waals surface area (Å²) in [5.41, 5.74) is 0.571. The van der Waals surface area contributed by atoms with Crippen LogP contribution in [0.15, 0.2) is 24.3 Å². The first-order valence-electron chi connectivity index (χ1n) is 6.83. The Morgan fingerprint density at radius 3 is 3.00 bits per heavy atom. The SMILES string of the molecule is CCC(=O)N1CCCC(OCc2ccccc2F)C1. The van der Waals surface area contributed by atoms with Crippen LogP contribution in [0.3, 0.4) is 0 Å². The Bertz CT molecular complexity index is 436. The minimum atomic E-state index is -0.236. The average Bonchev–Trinajstić information content (AvgIpc) is 2.46. The third-order valence-electron chi connectivity index (χ3n) is 3.47. The van der Waals surface area contributed by atoms with Gasteiger partial charge in [-0.15, -0.1) is 0 Å². The van der Waals surface area contributed by atoms with Gasteiger partial charge in [0.2, 0.25) is 5.91 Å². The Balaban J connectivity index is 1.86. The van der Waals surface area contributed by atoms with E-state index < -0.39 is 0 Å². The van der Waals surface area contributed by atoms with Gasteiger partial charge >= 0.3 is 0 Å². The van der Waals surface area contributed by atoms with Gasteiger partial charge in [0.25, 0.3) is 0 Å². The molecule has 1 aliphatic heterocycles. The standard InChI is InChI=1S/C15H20FNO2/c1-2-15(18)17-9-5-7-13(10-17)19-11-12-6-3-4-8-14(12)16/h3-4,6,8,13H,2,5,7,9-11H2,1H3. The second kappa shape index (κ2) is 6.66. The predicted molar refractivity (Wildman–Crippen MR) is 71.1 cm³/mol. The summed E-state index contributed by atoms with van der Waals surface area (Å²) in [5.74, 6) is -0.0704. The van der Waals surface area contributed by atoms with E-state index in [1.807, 2.05) is 11.8 Å². The summed E-state index contributed by atoms with van der Waals surface area (Å²) in [6.07, 6.45) is 2.43. The summed E-state index contributed by atoms with van der Waals surface area (Å²) < 4.78 is 19.2. The molecule has 0 spiro atoms. The van der Waals surface area contributed by atoms with Crippen LogP contribution in [-0.2, 0) is 16.1 Å². The first kappa shape index (κ1) is 14.0. The highest BCUT2D eigenvalue weighted by Crippen LogP contribution is 2.17. The molecule has 19 heavy (non-hydrogen) atoms. The Morgan fingerprint density at radius 1 is 1.47 bits per heavy atom. The van der Waals surface area contributed by atoms with Crippen LogP contribution in [0.4, 0.5) is 4.39 Å². The van der Waals surface area contributed by atoms with Crippen molar-refractivity contribution in [2.45, 2.75) is 38.9 Å². The molecule has 1 aromatic carbocycles. The number of amides is 1. The van der Waals surface area contributed by atoms with Crippen LogP contribution in [0.1, 0.15) is 31.7 Å². The molecular formula is C15H20FNO2. The van der Waals surface area contributed by atoms with Crippen molar-refractivity contribution in [1.29, 1.82) is 0 Å². The first-order chi connectivity index (χ1) is 9.20. The molecule has 1 unspecified atom stereocenters. The van der Waals surface area contributed by atoms with Gasteiger partial charge in [-0.25, -0.2) is 4.39 Å². The molecule has 1 atom stereocenters. The zero-order valence-corrected chi connectivity index (χ0v) is 11.3. The minimum Gasteiger partial charge on any atom is -0.372 e. The molecule has 1 saturated heterocycles. The molecule has 1 aromatic rings. The molecule has 0 bridgehead atoms. The number of nitrogens with zero attached hydrogens (tertiary/aromatic N) is 1. The Hall–Kier alpha value is -1.42. The molecule has 1 amide bonds. The lowest BCUT2D eigenvalue weighted by molar-refractivity contribution is -0.135. The molecule has 0 saturated carbocycles. The number of likely N-dealkylation sites (tertiary alicyclic amines) is 1. The van der Waals surface area contributed by atoms with Crippen molar-refractivity contribution in [3.05, 3.63) is 35.6 Å². The first-order valence-corrected chi connectivity index (χ1v) is 6.83. The molecule has 1 heterocycles. The Morgan fingerprint density at radius 2 is 2.26 bits per heavy atom. The van der Waals surface area contributed by atoms with Gasteiger partial charge in [0, 0.05) is 25.1 Å². The van der Waals surface area contributed by atoms with Crippen LogP contribution in [0.5, 0.6) is 0 Å². The lowest BCUT2D eigenvalue weighted by Crippen LogP contribution is -2.42. The van der Waals surface area contributed by atoms with Gasteiger partial charge in [-0.3, -0.25) is 4.79 Å². The highest BCUT2D eigenvalue weighted by Gasteiger charge is 2.23. The second-order valence-corrected chi connectivity index (χ2v) is 4.86. The number of ether oxygens (including phenoxy) is 1. The van der Waals surface area contributed by atoms with Gasteiger partial charge in [-0.2, -0.15) is 0 Å². The van der Waals surface area contributed by atoms with Crippen LogP contribution >= 0.6 is 0 Å². The summed E-state index contributed by atoms with van der Waals surface area (Å²) in [4.78, 5) is 13.5. The molecule has 1 fully saturated rings. The maximum atomic E-state index is 13.5. The molecule has 0 N–H and O–H groups in total. The monoisotopic (exact) mass is 265 g/mol. The number of benzene rings is 1. The molecule has 1 aliphatic rings. The van der Waals surface area contributed by atoms with E-state index >= 15 is 0 Å². The van der Waals surface area contributed by atoms with Crippen LogP contribution in [0.2, 0.25) is 0 Å². The molecule has 104 valence electrons. The van der Waals surface area contributed by atoms with Crippen LogP contribution in [0.25, 0.3) is 0 Å². The normalized spacial score (nSPS) is 19.5. The van der Waals surface area contributed by atoms with E-state index in [4.69, 9.17) is 4.74 Å². The molecule has 3 nitrogen and oxygen atoms in total. The zero-order valence-electron chi connectivity index (χ0n) is 11.3. The maximum absolute atomic E-state index is 13.5. The fourth-order valence-corrected chi connectivity index (χ4v) is 2.35. The van der Waals surface area contributed by atoms with E-state index in [1.165, 1.54) is 6.07 Å². The summed E-state index contributed by atoms with van der Waals surface area (Å²) in [7, 11) is 0. The second-order valence-electron chi connectivity index (χ2n) is 4.86. The predicted octanol–water partition coefficient (Wildman–Crippen LogP) is 2.74. The zero-order chi connectivity index (χ0) is 13.7. The van der Waals surface area contributed by atoms with E-state index in [2.05, 4.69) is 0 Å². The lowest BCUT2D eigenvalue weighted by Gasteiger charge is -2.32. The van der Waals surface area contributed by atoms with Crippen molar-refractivity contribution in [3.63, 3.8) is 0 Å². The third-order valence-corrected chi connectivity index (χ3v) is 3.47. The van der Waals surface area contributed by atoms with Crippen LogP contribution in [0, 0.1) is 5.82 Å². The number of piperidine rings is 1. The summed E-state index contributed by atoms with van der Waals surface area (Å²) in [6, 6.07) is 6.64. The van der Waals surface area contributed by atoms with E-state index in [0.717, 1.165) is 19.4 Å². The van der Waals surface area contributed by atoms with Crippen molar-refractivity contribution in [2.24, 2.45) is 0 Å². The summed E-state index contributed by atoms with van der Waals surface area (Å²) >= 11 is 0. The number of halogens is 1. The van der Waals surface area contributed by atoms with E-state index in [1.54, 1.807) is 18.2 Å². The van der Waals surface area contributed by atoms with Gasteiger partial charge in [0.15, 0.2) is 0 Å². The minimum absolute atomic E-state index is 0.0175. The fourth-order valence-electron chi connectivity index (χ4n) is 2.35.